The van der Waals surface area contributed by atoms with E-state index in [-0.39, 0.29) is 28.9 Å². The quantitative estimate of drug-likeness (QED) is 0.703. The van der Waals surface area contributed by atoms with Gasteiger partial charge in [0.25, 0.3) is 0 Å². The van der Waals surface area contributed by atoms with Crippen LogP contribution in [0.25, 0.3) is 0 Å². The summed E-state index contributed by atoms with van der Waals surface area (Å²) in [6.07, 6.45) is 18.6. The Balaban J connectivity index is 0.000000276. The van der Waals surface area contributed by atoms with E-state index in [9.17, 15) is 4.79 Å². The van der Waals surface area contributed by atoms with Crippen molar-refractivity contribution >= 4 is 27.4 Å². The topological polar surface area (TPSA) is 29.1 Å². The van der Waals surface area contributed by atoms with Crippen LogP contribution in [0.2, 0.25) is 0 Å². The van der Waals surface area contributed by atoms with Crippen molar-refractivity contribution < 1.29 is 21.9 Å². The average Bonchev–Trinajstić information content (AvgIpc) is 3.24. The van der Waals surface area contributed by atoms with Crippen molar-refractivity contribution in [3.05, 3.63) is 91.9 Å². The van der Waals surface area contributed by atoms with Crippen LogP contribution in [0.3, 0.4) is 0 Å². The molecule has 0 spiro atoms. The molecule has 2 nitrogen and oxygen atoms in total. The van der Waals surface area contributed by atoms with Gasteiger partial charge in [-0.3, -0.25) is 4.79 Å². The zero-order valence-electron chi connectivity index (χ0n) is 12.4. The van der Waals surface area contributed by atoms with Gasteiger partial charge in [0.2, 0.25) is 0 Å². The summed E-state index contributed by atoms with van der Waals surface area (Å²) in [6, 6.07) is 5.89. The Labute approximate surface area is 158 Å². The summed E-state index contributed by atoms with van der Waals surface area (Å²) in [4.78, 5) is 12.1. The molecule has 0 saturated heterocycles. The molecule has 1 N–H and O–H groups in total. The van der Waals surface area contributed by atoms with Gasteiger partial charge in [-0.2, -0.15) is 0 Å². The summed E-state index contributed by atoms with van der Waals surface area (Å²) in [5.74, 6) is 1.37. The van der Waals surface area contributed by atoms with Gasteiger partial charge in [0.1, 0.15) is 0 Å². The van der Waals surface area contributed by atoms with E-state index < -0.39 is 0 Å². The molecule has 2 aliphatic carbocycles. The van der Waals surface area contributed by atoms with Crippen LogP contribution in [-0.4, -0.2) is 11.8 Å². The molecule has 2 fully saturated rings. The first-order valence-corrected chi connectivity index (χ1v) is 8.01. The van der Waals surface area contributed by atoms with Gasteiger partial charge in [-0.15, -0.1) is 0 Å². The van der Waals surface area contributed by atoms with Crippen molar-refractivity contribution in [2.75, 3.05) is 5.32 Å². The summed E-state index contributed by atoms with van der Waals surface area (Å²) in [7, 11) is 0. The van der Waals surface area contributed by atoms with Crippen LogP contribution in [0.15, 0.2) is 22.7 Å². The van der Waals surface area contributed by atoms with Gasteiger partial charge in [-0.1, -0.05) is 15.9 Å². The fraction of sp³-hybridized carbons (Fsp3) is 0.105. The first-order chi connectivity index (χ1) is 10.7. The fourth-order valence-electron chi connectivity index (χ4n) is 2.55. The Kier molecular flexibility index (Phi) is 7.65. The van der Waals surface area contributed by atoms with E-state index in [4.69, 9.17) is 0 Å². The summed E-state index contributed by atoms with van der Waals surface area (Å²) in [6.45, 7) is 0. The van der Waals surface area contributed by atoms with Crippen molar-refractivity contribution in [3.8, 4) is 0 Å². The molecule has 1 atom stereocenters. The Bertz CT molecular complexity index is 516. The first-order valence-electron chi connectivity index (χ1n) is 7.21. The Morgan fingerprint density at radius 1 is 0.957 bits per heavy atom. The minimum Gasteiger partial charge on any atom is -0.381 e. The van der Waals surface area contributed by atoms with Gasteiger partial charge < -0.3 is 5.32 Å². The minimum atomic E-state index is 0. The number of rotatable bonds is 1. The molecule has 4 heteroatoms. The molecule has 1 aliphatic heterocycles. The van der Waals surface area contributed by atoms with Crippen molar-refractivity contribution in [1.29, 1.82) is 0 Å². The molecule has 3 aliphatic rings. The van der Waals surface area contributed by atoms with Crippen LogP contribution in [0, 0.1) is 63.7 Å². The van der Waals surface area contributed by atoms with Gasteiger partial charge in [-0.25, -0.2) is 0 Å². The normalized spacial score (nSPS) is 23.3. The summed E-state index contributed by atoms with van der Waals surface area (Å²) < 4.78 is 0.943. The number of carbonyl (C=O) groups excluding carboxylic acids is 1. The second kappa shape index (κ2) is 9.25. The van der Waals surface area contributed by atoms with E-state index in [0.717, 1.165) is 15.7 Å². The SMILES string of the molecule is O=C1CC([C]2[CH][CH][CH][CH]2)Nc2ccc(Br)cc21.[CH]1[CH][CH][CH][CH]1.[Fe+2]. The maximum Gasteiger partial charge on any atom is 2.00 e. The monoisotopic (exact) mass is 409 g/mol. The number of Topliss-reactive ketones (excluding diaryl/α,β-unsaturated/α-hetero) is 1. The molecule has 1 unspecified atom stereocenters. The van der Waals surface area contributed by atoms with Crippen molar-refractivity contribution in [1.82, 2.24) is 0 Å². The van der Waals surface area contributed by atoms with Crippen molar-refractivity contribution in [3.63, 3.8) is 0 Å². The molecular formula is C19H16BrFeNO+2. The molecule has 1 aromatic carbocycles. The molecule has 10 radical (unpaired) electrons. The largest absolute Gasteiger partial charge is 2.00 e. The van der Waals surface area contributed by atoms with Gasteiger partial charge in [-0.05, 0) is 76.0 Å². The molecule has 4 rings (SSSR count). The number of hydrogen-bond donors (Lipinski definition) is 1. The third-order valence-electron chi connectivity index (χ3n) is 3.65. The molecule has 1 heterocycles. The minimum absolute atomic E-state index is 0. The second-order valence-corrected chi connectivity index (χ2v) is 6.11. The maximum atomic E-state index is 12.1. The molecule has 1 aromatic rings. The van der Waals surface area contributed by atoms with E-state index in [0.29, 0.717) is 6.42 Å². The van der Waals surface area contributed by atoms with Crippen LogP contribution in [-0.2, 0) is 17.1 Å². The summed E-state index contributed by atoms with van der Waals surface area (Å²) in [5.41, 5.74) is 1.71. The first kappa shape index (κ1) is 19.0. The predicted molar refractivity (Wildman–Crippen MR) is 92.4 cm³/mol. The average molecular weight is 410 g/mol. The van der Waals surface area contributed by atoms with E-state index in [1.165, 1.54) is 5.92 Å². The van der Waals surface area contributed by atoms with Gasteiger partial charge in [0, 0.05) is 34.1 Å². The Hall–Kier alpha value is -0.311. The van der Waals surface area contributed by atoms with Gasteiger partial charge in [0.05, 0.1) is 0 Å². The van der Waals surface area contributed by atoms with Crippen LogP contribution < -0.4 is 5.32 Å². The number of benzene rings is 1. The van der Waals surface area contributed by atoms with Crippen LogP contribution >= 0.6 is 15.9 Å². The molecule has 2 saturated carbocycles. The van der Waals surface area contributed by atoms with Gasteiger partial charge >= 0.3 is 17.1 Å². The number of carbonyl (C=O) groups is 1. The number of hydrogen-bond acceptors (Lipinski definition) is 2. The summed E-state index contributed by atoms with van der Waals surface area (Å²) in [5, 5.41) is 3.42. The van der Waals surface area contributed by atoms with E-state index in [2.05, 4.69) is 34.1 Å². The third kappa shape index (κ3) is 5.08. The number of anilines is 1. The zero-order valence-corrected chi connectivity index (χ0v) is 15.0. The zero-order chi connectivity index (χ0) is 15.4. The molecule has 0 aromatic heterocycles. The number of nitrogens with one attached hydrogen (secondary N) is 1. The van der Waals surface area contributed by atoms with Crippen LogP contribution in [0.1, 0.15) is 16.8 Å². The van der Waals surface area contributed by atoms with E-state index >= 15 is 0 Å². The molecule has 116 valence electrons. The summed E-state index contributed by atoms with van der Waals surface area (Å²) >= 11 is 3.39. The molecular weight excluding hydrogens is 394 g/mol. The van der Waals surface area contributed by atoms with E-state index in [1.807, 2.05) is 63.1 Å². The molecule has 0 amide bonds. The fourth-order valence-corrected chi connectivity index (χ4v) is 2.91. The Morgan fingerprint density at radius 2 is 1.57 bits per heavy atom. The Morgan fingerprint density at radius 3 is 2.17 bits per heavy atom. The van der Waals surface area contributed by atoms with Crippen molar-refractivity contribution in [2.24, 2.45) is 0 Å². The molecule has 23 heavy (non-hydrogen) atoms. The number of fused-ring (bicyclic) bond motifs is 1. The third-order valence-corrected chi connectivity index (χ3v) is 4.14. The number of halogens is 1. The molecule has 0 bridgehead atoms. The smallest absolute Gasteiger partial charge is 0.381 e. The standard InChI is InChI=1S/C14H11BrNO.C5H5.Fe/c15-10-5-6-12-11(7-10)14(17)8-13(16-12)9-3-1-2-4-9;1-2-4-5-3-1;/h1-7,13,16H,8H2;1-5H;/q;;+2. The van der Waals surface area contributed by atoms with Gasteiger partial charge in [0.15, 0.2) is 5.78 Å². The number of ketones is 1. The van der Waals surface area contributed by atoms with E-state index in [1.54, 1.807) is 0 Å². The second-order valence-electron chi connectivity index (χ2n) is 5.19. The van der Waals surface area contributed by atoms with Crippen LogP contribution in [0.5, 0.6) is 0 Å². The maximum absolute atomic E-state index is 12.1. The van der Waals surface area contributed by atoms with Crippen LogP contribution in [0.4, 0.5) is 5.69 Å². The van der Waals surface area contributed by atoms with Crippen molar-refractivity contribution in [2.45, 2.75) is 12.5 Å². The predicted octanol–water partition coefficient (Wildman–Crippen LogP) is 4.24.